The van der Waals surface area contributed by atoms with E-state index in [2.05, 4.69) is 38.8 Å². The molecular weight excluding hydrogens is 322 g/mol. The van der Waals surface area contributed by atoms with E-state index >= 15 is 0 Å². The molecule has 0 spiro atoms. The molecule has 2 aliphatic rings. The van der Waals surface area contributed by atoms with E-state index in [1.54, 1.807) is 0 Å². The first-order valence-electron chi connectivity index (χ1n) is 5.54. The predicted molar refractivity (Wildman–Crippen MR) is 68.3 cm³/mol. The number of rotatable bonds is 1. The van der Waals surface area contributed by atoms with E-state index in [9.17, 15) is 4.79 Å². The van der Waals surface area contributed by atoms with Gasteiger partial charge in [0.2, 0.25) is 5.91 Å². The molecule has 2 rings (SSSR count). The first-order valence-corrected chi connectivity index (χ1v) is 7.13. The third kappa shape index (κ3) is 1.99. The van der Waals surface area contributed by atoms with Crippen LogP contribution in [0, 0.1) is 11.3 Å². The molecule has 2 atom stereocenters. The summed E-state index contributed by atoms with van der Waals surface area (Å²) in [5.41, 5.74) is -0.232. The Morgan fingerprint density at radius 2 is 2.07 bits per heavy atom. The quantitative estimate of drug-likeness (QED) is 0.672. The molecule has 0 radical (unpaired) electrons. The molecule has 15 heavy (non-hydrogen) atoms. The summed E-state index contributed by atoms with van der Waals surface area (Å²) in [7, 11) is 0. The molecule has 0 aromatic carbocycles. The second-order valence-corrected chi connectivity index (χ2v) is 8.98. The van der Waals surface area contributed by atoms with Crippen LogP contribution in [0.3, 0.4) is 0 Å². The highest BCUT2D eigenvalue weighted by molar-refractivity contribution is 9.25. The second kappa shape index (κ2) is 3.73. The van der Waals surface area contributed by atoms with Crippen molar-refractivity contribution in [1.29, 1.82) is 0 Å². The Labute approximate surface area is 108 Å². The van der Waals surface area contributed by atoms with Crippen molar-refractivity contribution in [2.45, 2.75) is 36.3 Å². The van der Waals surface area contributed by atoms with Gasteiger partial charge in [0.15, 0.2) is 0 Å². The van der Waals surface area contributed by atoms with Crippen molar-refractivity contribution in [2.24, 2.45) is 11.3 Å². The summed E-state index contributed by atoms with van der Waals surface area (Å²) in [6.45, 7) is 6.14. The Morgan fingerprint density at radius 3 is 2.53 bits per heavy atom. The smallest absolute Gasteiger partial charge is 0.230 e. The van der Waals surface area contributed by atoms with Crippen LogP contribution < -0.4 is 0 Å². The van der Waals surface area contributed by atoms with Crippen molar-refractivity contribution in [1.82, 2.24) is 4.90 Å². The number of hydrogen-bond acceptors (Lipinski definition) is 1. The summed E-state index contributed by atoms with van der Waals surface area (Å²) >= 11 is 7.12. The minimum Gasteiger partial charge on any atom is -0.342 e. The molecule has 0 aromatic rings. The van der Waals surface area contributed by atoms with Gasteiger partial charge in [0, 0.05) is 13.1 Å². The fraction of sp³-hybridized carbons (Fsp3) is 0.909. The summed E-state index contributed by atoms with van der Waals surface area (Å²) in [5, 5.41) is 0. The minimum absolute atomic E-state index is 0.148. The van der Waals surface area contributed by atoms with Crippen molar-refractivity contribution in [3.63, 3.8) is 0 Å². The first-order chi connectivity index (χ1) is 6.87. The number of hydrogen-bond donors (Lipinski definition) is 0. The van der Waals surface area contributed by atoms with Crippen molar-refractivity contribution in [3.05, 3.63) is 0 Å². The van der Waals surface area contributed by atoms with Crippen LogP contribution in [0.5, 0.6) is 0 Å². The molecule has 0 bridgehead atoms. The lowest BCUT2D eigenvalue weighted by atomic mass is 9.98. The maximum Gasteiger partial charge on any atom is 0.230 e. The van der Waals surface area contributed by atoms with Crippen molar-refractivity contribution in [2.75, 3.05) is 13.1 Å². The van der Waals surface area contributed by atoms with Gasteiger partial charge in [-0.2, -0.15) is 0 Å². The fourth-order valence-corrected chi connectivity index (χ4v) is 3.82. The molecule has 2 fully saturated rings. The summed E-state index contributed by atoms with van der Waals surface area (Å²) in [4.78, 5) is 14.3. The monoisotopic (exact) mass is 337 g/mol. The molecular formula is C11H17Br2NO. The fourth-order valence-electron chi connectivity index (χ4n) is 2.35. The van der Waals surface area contributed by atoms with E-state index in [1.165, 1.54) is 6.42 Å². The van der Waals surface area contributed by atoms with Crippen molar-refractivity contribution < 1.29 is 4.79 Å². The minimum atomic E-state index is -0.232. The van der Waals surface area contributed by atoms with Crippen molar-refractivity contribution >= 4 is 37.8 Å². The Hall–Kier alpha value is 0.430. The number of carbonyl (C=O) groups is 1. The summed E-state index contributed by atoms with van der Waals surface area (Å²) in [5.74, 6) is 0.966. The third-order valence-corrected chi connectivity index (χ3v) is 5.99. The highest BCUT2D eigenvalue weighted by atomic mass is 79.9. The summed E-state index contributed by atoms with van der Waals surface area (Å²) in [6.07, 6.45) is 3.30. The maximum atomic E-state index is 12.3. The first kappa shape index (κ1) is 11.9. The maximum absolute atomic E-state index is 12.3. The van der Waals surface area contributed by atoms with E-state index in [-0.39, 0.29) is 8.65 Å². The molecule has 2 nitrogen and oxygen atoms in total. The zero-order valence-corrected chi connectivity index (χ0v) is 12.4. The number of nitrogens with zero attached hydrogens (tertiary/aromatic N) is 1. The Bertz CT molecular complexity index is 292. The molecule has 1 saturated carbocycles. The molecule has 0 aromatic heterocycles. The average Bonchev–Trinajstić information content (AvgIpc) is 2.66. The molecule has 1 aliphatic carbocycles. The Morgan fingerprint density at radius 1 is 1.47 bits per heavy atom. The van der Waals surface area contributed by atoms with Gasteiger partial charge < -0.3 is 4.90 Å². The van der Waals surface area contributed by atoms with Crippen molar-refractivity contribution in [3.8, 4) is 0 Å². The van der Waals surface area contributed by atoms with Crippen LogP contribution in [0.4, 0.5) is 0 Å². The van der Waals surface area contributed by atoms with E-state index in [4.69, 9.17) is 0 Å². The number of piperidine rings is 1. The van der Waals surface area contributed by atoms with Gasteiger partial charge in [-0.25, -0.2) is 0 Å². The zero-order valence-electron chi connectivity index (χ0n) is 9.22. The largest absolute Gasteiger partial charge is 0.342 e. The molecule has 4 heteroatoms. The van der Waals surface area contributed by atoms with Gasteiger partial charge in [-0.3, -0.25) is 4.79 Å². The lowest BCUT2D eigenvalue weighted by molar-refractivity contribution is -0.138. The second-order valence-electron chi connectivity index (χ2n) is 5.21. The van der Waals surface area contributed by atoms with E-state index < -0.39 is 0 Å². The lowest BCUT2D eigenvalue weighted by Crippen LogP contribution is -2.43. The zero-order chi connectivity index (χ0) is 11.3. The summed E-state index contributed by atoms with van der Waals surface area (Å²) in [6, 6.07) is 0. The number of likely N-dealkylation sites (tertiary alicyclic amines) is 1. The molecule has 1 amide bonds. The van der Waals surface area contributed by atoms with Gasteiger partial charge in [-0.15, -0.1) is 0 Å². The number of alkyl halides is 2. The molecule has 1 heterocycles. The number of amides is 1. The molecule has 1 saturated heterocycles. The Balaban J connectivity index is 2.03. The Kier molecular flexibility index (Phi) is 2.96. The van der Waals surface area contributed by atoms with Gasteiger partial charge in [0.05, 0.1) is 8.65 Å². The van der Waals surface area contributed by atoms with Crippen LogP contribution in [0.25, 0.3) is 0 Å². The third-order valence-electron chi connectivity index (χ3n) is 3.67. The molecule has 1 aliphatic heterocycles. The highest BCUT2D eigenvalue weighted by Gasteiger charge is 2.67. The van der Waals surface area contributed by atoms with Gasteiger partial charge in [-0.05, 0) is 32.1 Å². The van der Waals surface area contributed by atoms with Gasteiger partial charge in [0.1, 0.15) is 0 Å². The van der Waals surface area contributed by atoms with E-state index in [0.717, 1.165) is 25.9 Å². The van der Waals surface area contributed by atoms with Gasteiger partial charge >= 0.3 is 0 Å². The standard InChI is InChI=1S/C11H17Br2NO/c1-8-4-3-5-14(6-8)9(15)10(2)7-11(10,12)13/h8H,3-7H2,1-2H3. The van der Waals surface area contributed by atoms with Gasteiger partial charge in [0.25, 0.3) is 0 Å². The van der Waals surface area contributed by atoms with E-state index in [1.807, 2.05) is 11.8 Å². The predicted octanol–water partition coefficient (Wildman–Crippen LogP) is 3.14. The van der Waals surface area contributed by atoms with Crippen LogP contribution in [0.15, 0.2) is 0 Å². The van der Waals surface area contributed by atoms with Crippen LogP contribution in [-0.4, -0.2) is 27.1 Å². The molecule has 2 unspecified atom stereocenters. The topological polar surface area (TPSA) is 20.3 Å². The molecule has 86 valence electrons. The van der Waals surface area contributed by atoms with E-state index in [0.29, 0.717) is 11.8 Å². The SMILES string of the molecule is CC1CCCN(C(=O)C2(C)CC2(Br)Br)C1. The van der Waals surface area contributed by atoms with Crippen LogP contribution in [0.2, 0.25) is 0 Å². The number of halogens is 2. The number of carbonyl (C=O) groups excluding carboxylic acids is 1. The average molecular weight is 339 g/mol. The summed E-state index contributed by atoms with van der Waals surface area (Å²) < 4.78 is -0.148. The van der Waals surface area contributed by atoms with Crippen LogP contribution in [0.1, 0.15) is 33.1 Å². The van der Waals surface area contributed by atoms with Crippen LogP contribution >= 0.6 is 31.9 Å². The lowest BCUT2D eigenvalue weighted by Gasteiger charge is -2.33. The van der Waals surface area contributed by atoms with Gasteiger partial charge in [-0.1, -0.05) is 38.8 Å². The normalized spacial score (nSPS) is 38.9. The van der Waals surface area contributed by atoms with Crippen LogP contribution in [-0.2, 0) is 4.79 Å². The molecule has 0 N–H and O–H groups in total. The highest BCUT2D eigenvalue weighted by Crippen LogP contribution is 2.67.